The van der Waals surface area contributed by atoms with Gasteiger partial charge in [0.05, 0.1) is 12.0 Å². The first-order valence-electron chi connectivity index (χ1n) is 19.2. The maximum atomic E-state index is 12.5. The maximum absolute atomic E-state index is 12.5. The summed E-state index contributed by atoms with van der Waals surface area (Å²) in [7, 11) is 0. The average Bonchev–Trinajstić information content (AvgIpc) is 3.22. The Morgan fingerprint density at radius 2 is 1.03 bits per heavy atom. The second-order valence-corrected chi connectivity index (χ2v) is 15.7. The van der Waals surface area contributed by atoms with Crippen molar-refractivity contribution in [3.63, 3.8) is 0 Å². The zero-order valence-corrected chi connectivity index (χ0v) is 31.8. The number of ether oxygens (including phenoxy) is 4. The molecular weight excluding hydrogens is 812 g/mol. The van der Waals surface area contributed by atoms with Crippen LogP contribution in [0.25, 0.3) is 0 Å². The Hall–Kier alpha value is -7.60. The minimum atomic E-state index is -2.27. The molecule has 0 aliphatic carbocycles. The SMILES string of the molecule is Oc1cc(O)c2c(c1)O[C@@]1(c3ccc(O)c(O)c3)Oc3cc(O)c4c(c3[C@@H]2[C@H]1O)O[C@H](c1ccc(O)c(O)c1)[C@H](O)[C@H]4c1ccc(O)c2c1O[C@H](c1ccc(O)c(O)c1)[C@@H](O)C2. The highest BCUT2D eigenvalue weighted by Crippen LogP contribution is 2.65. The summed E-state index contributed by atoms with van der Waals surface area (Å²) in [6.45, 7) is 0. The second kappa shape index (κ2) is 13.5. The van der Waals surface area contributed by atoms with Crippen molar-refractivity contribution in [1.29, 1.82) is 0 Å². The topological polar surface area (TPSA) is 300 Å². The number of fused-ring (bicyclic) bond motifs is 9. The molecule has 0 amide bonds. The average molecular weight is 849 g/mol. The molecule has 0 saturated heterocycles. The van der Waals surface area contributed by atoms with Gasteiger partial charge in [-0.3, -0.25) is 0 Å². The Bertz CT molecular complexity index is 2860. The molecule has 0 saturated carbocycles. The lowest BCUT2D eigenvalue weighted by atomic mass is 9.71. The summed E-state index contributed by atoms with van der Waals surface area (Å²) in [5, 5.41) is 143. The van der Waals surface area contributed by atoms with E-state index in [1.165, 1.54) is 60.7 Å². The molecule has 0 radical (unpaired) electrons. The number of aliphatic hydroxyl groups excluding tert-OH is 3. The molecule has 0 spiro atoms. The van der Waals surface area contributed by atoms with E-state index >= 15 is 0 Å². The van der Waals surface area contributed by atoms with Crippen molar-refractivity contribution in [3.8, 4) is 80.5 Å². The molecule has 4 aliphatic rings. The number of aliphatic hydroxyl groups is 3. The summed E-state index contributed by atoms with van der Waals surface area (Å²) in [5.41, 5.74) is 0.438. The summed E-state index contributed by atoms with van der Waals surface area (Å²) in [6, 6.07) is 17.1. The fourth-order valence-corrected chi connectivity index (χ4v) is 9.24. The van der Waals surface area contributed by atoms with E-state index < -0.39 is 99.9 Å². The van der Waals surface area contributed by atoms with Gasteiger partial charge in [0.25, 0.3) is 0 Å². The summed E-state index contributed by atoms with van der Waals surface area (Å²) in [4.78, 5) is 0. The lowest BCUT2D eigenvalue weighted by Crippen LogP contribution is -2.57. The molecule has 6 aromatic rings. The van der Waals surface area contributed by atoms with E-state index in [0.717, 1.165) is 24.3 Å². The maximum Gasteiger partial charge on any atom is 0.305 e. The standard InChI is InChI=1S/C45H36O17/c46-19-12-29(54)35-32(13-19)61-45(18-3-7-25(50)28(53)11-18)44(58)38(35)37-33(62-45)15-30(55)36-34(39(57)41(60-43(36)37)17-2-6-24(49)27(52)10-17)20-4-8-22(47)21-14-31(56)40(59-42(20)21)16-1-5-23(48)26(51)9-16/h1-13,15,31,34,38-41,44,46-58H,14H2/t31-,34-,38+,39+,40+,41+,44+,45-/m0/s1. The third-order valence-electron chi connectivity index (χ3n) is 12.1. The molecule has 4 aliphatic heterocycles. The van der Waals surface area contributed by atoms with Gasteiger partial charge < -0.3 is 85.3 Å². The molecule has 10 rings (SSSR count). The predicted molar refractivity (Wildman–Crippen MR) is 210 cm³/mol. The fraction of sp³-hybridized carbons (Fsp3) is 0.200. The molecule has 62 heavy (non-hydrogen) atoms. The van der Waals surface area contributed by atoms with Gasteiger partial charge in [-0.15, -0.1) is 0 Å². The molecule has 0 unspecified atom stereocenters. The lowest BCUT2D eigenvalue weighted by Gasteiger charge is -2.51. The van der Waals surface area contributed by atoms with Gasteiger partial charge in [0.2, 0.25) is 0 Å². The Morgan fingerprint density at radius 1 is 0.468 bits per heavy atom. The van der Waals surface area contributed by atoms with Crippen LogP contribution in [-0.2, 0) is 12.2 Å². The number of aromatic hydroxyl groups is 10. The van der Waals surface area contributed by atoms with Crippen LogP contribution in [0.5, 0.6) is 80.5 Å². The summed E-state index contributed by atoms with van der Waals surface area (Å²) < 4.78 is 25.8. The van der Waals surface area contributed by atoms with Crippen LogP contribution in [0.3, 0.4) is 0 Å². The largest absolute Gasteiger partial charge is 0.508 e. The van der Waals surface area contributed by atoms with E-state index in [-0.39, 0.29) is 79.7 Å². The second-order valence-electron chi connectivity index (χ2n) is 15.7. The summed E-state index contributed by atoms with van der Waals surface area (Å²) >= 11 is 0. The first kappa shape index (κ1) is 38.6. The van der Waals surface area contributed by atoms with Gasteiger partial charge in [-0.05, 0) is 59.7 Å². The lowest BCUT2D eigenvalue weighted by molar-refractivity contribution is -0.219. The smallest absolute Gasteiger partial charge is 0.305 e. The number of hydrogen-bond donors (Lipinski definition) is 13. The van der Waals surface area contributed by atoms with Crippen LogP contribution in [0.15, 0.2) is 84.9 Å². The Labute approximate surface area is 349 Å². The van der Waals surface area contributed by atoms with Crippen molar-refractivity contribution in [3.05, 3.63) is 129 Å². The van der Waals surface area contributed by atoms with Gasteiger partial charge >= 0.3 is 5.79 Å². The van der Waals surface area contributed by atoms with Crippen LogP contribution in [0, 0.1) is 0 Å². The molecule has 0 fully saturated rings. The van der Waals surface area contributed by atoms with Crippen LogP contribution < -0.4 is 18.9 Å². The number of phenolic OH excluding ortho intramolecular Hbond substituents is 10. The van der Waals surface area contributed by atoms with Crippen LogP contribution in [0.4, 0.5) is 0 Å². The van der Waals surface area contributed by atoms with Crippen molar-refractivity contribution in [1.82, 2.24) is 0 Å². The first-order valence-corrected chi connectivity index (χ1v) is 19.2. The molecule has 8 atom stereocenters. The van der Waals surface area contributed by atoms with Gasteiger partial charge in [0.15, 0.2) is 40.6 Å². The van der Waals surface area contributed by atoms with Crippen LogP contribution >= 0.6 is 0 Å². The Kier molecular flexibility index (Phi) is 8.37. The van der Waals surface area contributed by atoms with Crippen molar-refractivity contribution < 1.29 is 85.3 Å². The number of hydrogen-bond acceptors (Lipinski definition) is 17. The van der Waals surface area contributed by atoms with Crippen LogP contribution in [0.2, 0.25) is 0 Å². The van der Waals surface area contributed by atoms with E-state index in [0.29, 0.717) is 0 Å². The van der Waals surface area contributed by atoms with Crippen molar-refractivity contribution in [2.45, 2.75) is 54.6 Å². The molecule has 2 bridgehead atoms. The quantitative estimate of drug-likeness (QED) is 0.108. The van der Waals surface area contributed by atoms with E-state index in [4.69, 9.17) is 18.9 Å². The molecule has 17 nitrogen and oxygen atoms in total. The van der Waals surface area contributed by atoms with Crippen molar-refractivity contribution in [2.24, 2.45) is 0 Å². The molecule has 6 aromatic carbocycles. The fourth-order valence-electron chi connectivity index (χ4n) is 9.24. The highest BCUT2D eigenvalue weighted by atomic mass is 16.7. The molecule has 13 N–H and O–H groups in total. The summed E-state index contributed by atoms with van der Waals surface area (Å²) in [5.74, 6) is -10.5. The zero-order valence-electron chi connectivity index (χ0n) is 31.8. The first-order chi connectivity index (χ1) is 29.6. The van der Waals surface area contributed by atoms with Crippen molar-refractivity contribution >= 4 is 0 Å². The predicted octanol–water partition coefficient (Wildman–Crippen LogP) is 4.54. The number of phenols is 10. The van der Waals surface area contributed by atoms with E-state index in [9.17, 15) is 66.4 Å². The van der Waals surface area contributed by atoms with E-state index in [1.807, 2.05) is 0 Å². The van der Waals surface area contributed by atoms with Gasteiger partial charge in [0.1, 0.15) is 64.3 Å². The van der Waals surface area contributed by atoms with Crippen LogP contribution in [0.1, 0.15) is 68.6 Å². The molecule has 318 valence electrons. The van der Waals surface area contributed by atoms with Crippen LogP contribution in [-0.4, -0.2) is 84.7 Å². The van der Waals surface area contributed by atoms with Gasteiger partial charge in [-0.1, -0.05) is 18.2 Å². The third-order valence-corrected chi connectivity index (χ3v) is 12.1. The zero-order chi connectivity index (χ0) is 43.7. The summed E-state index contributed by atoms with van der Waals surface area (Å²) in [6.07, 6.45) is -7.65. The highest BCUT2D eigenvalue weighted by Gasteiger charge is 2.61. The minimum absolute atomic E-state index is 0.000738. The Morgan fingerprint density at radius 3 is 1.68 bits per heavy atom. The minimum Gasteiger partial charge on any atom is -0.508 e. The van der Waals surface area contributed by atoms with E-state index in [1.54, 1.807) is 0 Å². The molecular formula is C45H36O17. The molecule has 0 aromatic heterocycles. The van der Waals surface area contributed by atoms with Gasteiger partial charge in [0, 0.05) is 63.9 Å². The van der Waals surface area contributed by atoms with Gasteiger partial charge in [-0.2, -0.15) is 0 Å². The van der Waals surface area contributed by atoms with Crippen molar-refractivity contribution in [2.75, 3.05) is 0 Å². The van der Waals surface area contributed by atoms with E-state index in [2.05, 4.69) is 0 Å². The third kappa shape index (κ3) is 5.52. The monoisotopic (exact) mass is 848 g/mol. The highest BCUT2D eigenvalue weighted by molar-refractivity contribution is 5.71. The molecule has 4 heterocycles. The normalized spacial score (nSPS) is 25.4. The Balaban J connectivity index is 1.23. The number of rotatable bonds is 4. The number of benzene rings is 6. The molecule has 17 heteroatoms. The van der Waals surface area contributed by atoms with Gasteiger partial charge in [-0.25, -0.2) is 0 Å².